The minimum atomic E-state index is -3.00. The second-order valence-corrected chi connectivity index (χ2v) is 25.8. The van der Waals surface area contributed by atoms with Gasteiger partial charge in [-0.25, -0.2) is 0 Å². The van der Waals surface area contributed by atoms with Crippen LogP contribution in [0.15, 0.2) is 224 Å². The maximum Gasteiger partial charge on any atom is 0.261 e. The Balaban J connectivity index is 1.18. The average Bonchev–Trinajstić information content (AvgIpc) is 3.66. The first-order valence-corrected chi connectivity index (χ1v) is 29.9. The van der Waals surface area contributed by atoms with E-state index in [0.717, 1.165) is 39.3 Å². The van der Waals surface area contributed by atoms with Crippen LogP contribution in [0, 0.1) is 0 Å². The Labute approximate surface area is 473 Å². The highest BCUT2D eigenvalue weighted by Crippen LogP contribution is 2.39. The highest BCUT2D eigenvalue weighted by molar-refractivity contribution is 6.99. The highest BCUT2D eigenvalue weighted by atomic mass is 28.4. The Bertz CT molecular complexity index is 2760. The molecule has 7 rings (SSSR count). The molecule has 0 heterocycles. The van der Waals surface area contributed by atoms with Gasteiger partial charge in [-0.1, -0.05) is 220 Å². The quantitative estimate of drug-likeness (QED) is 0.0229. The molecule has 0 aliphatic carbocycles. The normalized spacial score (nSPS) is 14.1. The molecule has 0 saturated carbocycles. The first-order chi connectivity index (χ1) is 38.5. The lowest BCUT2D eigenvalue weighted by molar-refractivity contribution is -0.0183. The van der Waals surface area contributed by atoms with E-state index in [1.54, 1.807) is 14.2 Å². The predicted molar refractivity (Wildman–Crippen MR) is 323 cm³/mol. The van der Waals surface area contributed by atoms with Crippen molar-refractivity contribution in [2.24, 2.45) is 0 Å². The van der Waals surface area contributed by atoms with Gasteiger partial charge in [0.2, 0.25) is 0 Å². The van der Waals surface area contributed by atoms with Crippen LogP contribution < -0.4 is 19.8 Å². The summed E-state index contributed by atoms with van der Waals surface area (Å²) in [4.78, 5) is 0. The molecule has 0 amide bonds. The molecule has 0 aliphatic rings. The lowest BCUT2D eigenvalue weighted by Gasteiger charge is -2.46. The molecule has 7 aromatic rings. The summed E-state index contributed by atoms with van der Waals surface area (Å²) >= 11 is 0. The molecule has 0 radical (unpaired) electrons. The summed E-state index contributed by atoms with van der Waals surface area (Å²) in [5.74, 6) is 1.63. The Kier molecular flexibility index (Phi) is 24.4. The maximum absolute atomic E-state index is 8.02. The van der Waals surface area contributed by atoms with Crippen molar-refractivity contribution in [1.82, 2.24) is 0 Å². The van der Waals surface area contributed by atoms with E-state index in [1.165, 1.54) is 15.9 Å². The third-order valence-corrected chi connectivity index (χ3v) is 19.4. The van der Waals surface area contributed by atoms with Crippen LogP contribution in [0.25, 0.3) is 0 Å². The number of hydrogen-bond donors (Lipinski definition) is 0. The minimum Gasteiger partial charge on any atom is -0.497 e. The molecular weight excluding hydrogens is 997 g/mol. The van der Waals surface area contributed by atoms with E-state index < -0.39 is 8.32 Å². The van der Waals surface area contributed by atoms with E-state index in [0.29, 0.717) is 71.7 Å². The number of ether oxygens (including phenoxy) is 7. The Morgan fingerprint density at radius 2 is 0.899 bits per heavy atom. The van der Waals surface area contributed by atoms with Crippen molar-refractivity contribution in [2.75, 3.05) is 20.8 Å². The van der Waals surface area contributed by atoms with Gasteiger partial charge in [0.25, 0.3) is 8.32 Å². The molecule has 5 atom stereocenters. The van der Waals surface area contributed by atoms with Crippen molar-refractivity contribution in [3.8, 4) is 11.5 Å². The summed E-state index contributed by atoms with van der Waals surface area (Å²) in [5, 5.41) is 2.25. The average molecular weight is 1080 g/mol. The topological polar surface area (TPSA) is 73.8 Å². The number of rotatable bonds is 33. The van der Waals surface area contributed by atoms with Crippen LogP contribution in [0.2, 0.25) is 5.04 Å². The van der Waals surface area contributed by atoms with Crippen LogP contribution in [0.3, 0.4) is 0 Å². The second-order valence-electron chi connectivity index (χ2n) is 21.5. The van der Waals surface area contributed by atoms with Gasteiger partial charge in [0.15, 0.2) is 0 Å². The largest absolute Gasteiger partial charge is 0.497 e. The highest BCUT2D eigenvalue weighted by Gasteiger charge is 2.51. The molecule has 8 nitrogen and oxygen atoms in total. The fourth-order valence-electron chi connectivity index (χ4n) is 10.0. The van der Waals surface area contributed by atoms with Crippen LogP contribution in [-0.2, 0) is 61.1 Å². The first-order valence-electron chi connectivity index (χ1n) is 28.0. The Morgan fingerprint density at radius 3 is 1.38 bits per heavy atom. The molecular formula is C70H84O8Si. The smallest absolute Gasteiger partial charge is 0.261 e. The van der Waals surface area contributed by atoms with Crippen LogP contribution in [-0.4, -0.2) is 59.7 Å². The molecule has 0 aromatic heterocycles. The summed E-state index contributed by atoms with van der Waals surface area (Å²) in [5.41, 5.74) is 6.73. The van der Waals surface area contributed by atoms with Crippen LogP contribution >= 0.6 is 0 Å². The predicted octanol–water partition coefficient (Wildman–Crippen LogP) is 15.0. The van der Waals surface area contributed by atoms with E-state index in [1.807, 2.05) is 54.6 Å². The number of hydrogen-bond acceptors (Lipinski definition) is 8. The lowest BCUT2D eigenvalue weighted by Crippen LogP contribution is -2.68. The third kappa shape index (κ3) is 19.7. The fraction of sp³-hybridized carbons (Fsp3) is 0.343. The van der Waals surface area contributed by atoms with Gasteiger partial charge in [-0.05, 0) is 107 Å². The zero-order valence-corrected chi connectivity index (χ0v) is 48.7. The van der Waals surface area contributed by atoms with Crippen molar-refractivity contribution >= 4 is 18.7 Å². The molecule has 9 heteroatoms. The van der Waals surface area contributed by atoms with Crippen molar-refractivity contribution in [1.29, 1.82) is 0 Å². The molecule has 7 aromatic carbocycles. The molecule has 79 heavy (non-hydrogen) atoms. The number of benzene rings is 7. The fourth-order valence-corrected chi connectivity index (χ4v) is 14.7. The van der Waals surface area contributed by atoms with E-state index in [4.69, 9.17) is 37.6 Å². The maximum atomic E-state index is 8.02. The van der Waals surface area contributed by atoms with Gasteiger partial charge < -0.3 is 37.6 Å². The van der Waals surface area contributed by atoms with Crippen molar-refractivity contribution in [2.45, 2.75) is 135 Å². The first kappa shape index (κ1) is 60.2. The summed E-state index contributed by atoms with van der Waals surface area (Å²) in [7, 11) is 0.364. The van der Waals surface area contributed by atoms with Crippen LogP contribution in [0.1, 0.15) is 94.5 Å². The lowest BCUT2D eigenvalue weighted by atomic mass is 10.0. The summed E-state index contributed by atoms with van der Waals surface area (Å²) < 4.78 is 52.4. The molecule has 0 bridgehead atoms. The SMILES string of the molecule is COc1ccc(COC/C=C(\C)C[C@@H](C[C@@H](/C=C/C[C@@H](C[C@H](C[C@@H](C)OCc2ccccc2)O[Si](c2ccccc2)(c2ccccc2)C(C)(C)C)OCc2ccccc2)OCc2ccc(OC)cc2)OCc2ccccc2)cc1. The van der Waals surface area contributed by atoms with Gasteiger partial charge >= 0.3 is 0 Å². The third-order valence-electron chi connectivity index (χ3n) is 14.3. The van der Waals surface area contributed by atoms with Crippen molar-refractivity contribution in [3.63, 3.8) is 0 Å². The summed E-state index contributed by atoms with van der Waals surface area (Å²) in [6, 6.07) is 69.1. The molecule has 0 N–H and O–H groups in total. The molecule has 416 valence electrons. The van der Waals surface area contributed by atoms with Gasteiger partial charge in [0, 0.05) is 6.42 Å². The van der Waals surface area contributed by atoms with Crippen molar-refractivity contribution in [3.05, 3.63) is 252 Å². The second kappa shape index (κ2) is 32.0. The van der Waals surface area contributed by atoms with Gasteiger partial charge in [0.1, 0.15) is 11.5 Å². The molecule has 0 spiro atoms. The molecule has 0 fully saturated rings. The zero-order valence-electron chi connectivity index (χ0n) is 47.7. The number of methoxy groups -OCH3 is 2. The molecule has 0 saturated heterocycles. The van der Waals surface area contributed by atoms with E-state index in [-0.39, 0.29) is 35.6 Å². The molecule has 0 unspecified atom stereocenters. The van der Waals surface area contributed by atoms with Crippen molar-refractivity contribution < 1.29 is 37.6 Å². The van der Waals surface area contributed by atoms with Gasteiger partial charge in [-0.3, -0.25) is 0 Å². The Hall–Kier alpha value is -6.40. The zero-order chi connectivity index (χ0) is 55.6. The minimum absolute atomic E-state index is 0.102. The van der Waals surface area contributed by atoms with Gasteiger partial charge in [-0.15, -0.1) is 0 Å². The summed E-state index contributed by atoms with van der Waals surface area (Å²) in [6.45, 7) is 14.3. The Morgan fingerprint density at radius 1 is 0.468 bits per heavy atom. The van der Waals surface area contributed by atoms with Crippen LogP contribution in [0.4, 0.5) is 0 Å². The molecule has 0 aliphatic heterocycles. The standard InChI is InChI=1S/C70H84O8Si/c1-55(44-45-73-50-60-36-40-62(71-6)41-37-60)46-66(77-53-59-28-17-10-18-29-59)48-64(76-54-61-38-42-63(72-7)43-39-61)30-23-31-65(75-52-58-26-15-9-16-27-58)49-67(47-56(2)74-51-57-24-13-8-14-25-57)78-79(70(3,4)5,68-32-19-11-20-33-68)69-34-21-12-22-35-69/h8-30,32-44,56,64-67H,31,45-54H2,1-7H3/b30-23+,55-44+/t56-,64-,65+,66+,67+/m1/s1. The van der Waals surface area contributed by atoms with Gasteiger partial charge in [-0.2, -0.15) is 0 Å². The monoisotopic (exact) mass is 1080 g/mol. The summed E-state index contributed by atoms with van der Waals surface area (Å²) in [6.07, 6.45) is 8.97. The van der Waals surface area contributed by atoms with E-state index in [2.05, 4.69) is 198 Å². The van der Waals surface area contributed by atoms with Crippen LogP contribution in [0.5, 0.6) is 11.5 Å². The van der Waals surface area contributed by atoms with Gasteiger partial charge in [0.05, 0.1) is 84.4 Å². The van der Waals surface area contributed by atoms with E-state index in [9.17, 15) is 0 Å². The van der Waals surface area contributed by atoms with E-state index >= 15 is 0 Å².